The van der Waals surface area contributed by atoms with Crippen LogP contribution in [-0.2, 0) is 9.53 Å². The fourth-order valence-corrected chi connectivity index (χ4v) is 2.52. The number of epoxide rings is 1. The number of carbonyl (C=O) groups is 2. The molecule has 2 aromatic rings. The summed E-state index contributed by atoms with van der Waals surface area (Å²) < 4.78 is 10.4. The fraction of sp³-hybridized carbons (Fsp3) is 0.263. The molecule has 1 amide bonds. The lowest BCUT2D eigenvalue weighted by Gasteiger charge is -2.22. The standard InChI is InChI=1S/C19H19NO4/c1-13-18(24-13)19(22)20(15-8-10-16(23-2)11-9-15)12-17(21)14-6-4-3-5-7-14/h3-11,13,18H,12H2,1-2H3. The minimum absolute atomic E-state index is 0.0260. The van der Waals surface area contributed by atoms with Crippen LogP contribution in [0, 0.1) is 0 Å². The average Bonchev–Trinajstić information content (AvgIpc) is 3.36. The lowest BCUT2D eigenvalue weighted by Crippen LogP contribution is -2.39. The molecule has 124 valence electrons. The number of carbonyl (C=O) groups excluding carboxylic acids is 2. The highest BCUT2D eigenvalue weighted by atomic mass is 16.6. The Hall–Kier alpha value is -2.66. The van der Waals surface area contributed by atoms with Gasteiger partial charge in [0.05, 0.1) is 19.8 Å². The number of Topliss-reactive ketones (excluding diaryl/α,β-unsaturated/α-hetero) is 1. The molecule has 5 heteroatoms. The first-order chi connectivity index (χ1) is 11.6. The number of nitrogens with zero attached hydrogens (tertiary/aromatic N) is 1. The van der Waals surface area contributed by atoms with E-state index in [0.717, 1.165) is 0 Å². The van der Waals surface area contributed by atoms with Gasteiger partial charge in [-0.3, -0.25) is 9.59 Å². The number of amides is 1. The van der Waals surface area contributed by atoms with Gasteiger partial charge in [0.15, 0.2) is 11.9 Å². The number of methoxy groups -OCH3 is 1. The molecule has 1 fully saturated rings. The summed E-state index contributed by atoms with van der Waals surface area (Å²) in [5, 5.41) is 0. The fourth-order valence-electron chi connectivity index (χ4n) is 2.52. The maximum atomic E-state index is 12.7. The smallest absolute Gasteiger partial charge is 0.259 e. The molecule has 0 N–H and O–H groups in total. The second-order valence-electron chi connectivity index (χ2n) is 5.67. The number of ketones is 1. The quantitative estimate of drug-likeness (QED) is 0.605. The summed E-state index contributed by atoms with van der Waals surface area (Å²) in [6.45, 7) is 1.82. The summed E-state index contributed by atoms with van der Waals surface area (Å²) in [6.07, 6.45) is -0.583. The van der Waals surface area contributed by atoms with E-state index in [0.29, 0.717) is 17.0 Å². The van der Waals surface area contributed by atoms with Gasteiger partial charge < -0.3 is 14.4 Å². The van der Waals surface area contributed by atoms with Crippen molar-refractivity contribution in [2.24, 2.45) is 0 Å². The van der Waals surface area contributed by atoms with Crippen LogP contribution in [0.3, 0.4) is 0 Å². The average molecular weight is 325 g/mol. The summed E-state index contributed by atoms with van der Waals surface area (Å²) in [5.74, 6) is 0.376. The van der Waals surface area contributed by atoms with Crippen LogP contribution in [0.5, 0.6) is 5.75 Å². The molecule has 2 unspecified atom stereocenters. The molecule has 1 aliphatic heterocycles. The molecule has 0 aliphatic carbocycles. The largest absolute Gasteiger partial charge is 0.497 e. The molecule has 24 heavy (non-hydrogen) atoms. The van der Waals surface area contributed by atoms with Gasteiger partial charge >= 0.3 is 0 Å². The first kappa shape index (κ1) is 16.2. The first-order valence-electron chi connectivity index (χ1n) is 7.79. The van der Waals surface area contributed by atoms with E-state index in [9.17, 15) is 9.59 Å². The highest BCUT2D eigenvalue weighted by Gasteiger charge is 2.44. The Morgan fingerprint density at radius 1 is 1.08 bits per heavy atom. The van der Waals surface area contributed by atoms with Gasteiger partial charge in [-0.1, -0.05) is 30.3 Å². The zero-order valence-electron chi connectivity index (χ0n) is 13.6. The van der Waals surface area contributed by atoms with E-state index in [4.69, 9.17) is 9.47 Å². The molecule has 3 rings (SSSR count). The Balaban J connectivity index is 1.84. The molecule has 0 saturated carbocycles. The lowest BCUT2D eigenvalue weighted by atomic mass is 10.1. The molecule has 0 spiro atoms. The summed E-state index contributed by atoms with van der Waals surface area (Å²) in [7, 11) is 1.58. The van der Waals surface area contributed by atoms with Crippen molar-refractivity contribution in [1.82, 2.24) is 0 Å². The molecule has 1 aliphatic rings. The van der Waals surface area contributed by atoms with Crippen LogP contribution in [0.2, 0.25) is 0 Å². The molecule has 2 aromatic carbocycles. The van der Waals surface area contributed by atoms with Gasteiger partial charge in [-0.25, -0.2) is 0 Å². The number of ether oxygens (including phenoxy) is 2. The van der Waals surface area contributed by atoms with Gasteiger partial charge in [0.2, 0.25) is 0 Å². The van der Waals surface area contributed by atoms with Crippen LogP contribution < -0.4 is 9.64 Å². The highest BCUT2D eigenvalue weighted by molar-refractivity contribution is 6.07. The van der Waals surface area contributed by atoms with Gasteiger partial charge in [-0.05, 0) is 31.2 Å². The molecule has 2 atom stereocenters. The molecule has 1 heterocycles. The monoisotopic (exact) mass is 325 g/mol. The Morgan fingerprint density at radius 3 is 2.25 bits per heavy atom. The van der Waals surface area contributed by atoms with E-state index in [1.807, 2.05) is 13.0 Å². The third kappa shape index (κ3) is 3.46. The Labute approximate surface area is 140 Å². The maximum absolute atomic E-state index is 12.7. The van der Waals surface area contributed by atoms with Crippen molar-refractivity contribution in [3.8, 4) is 5.75 Å². The molecule has 0 bridgehead atoms. The summed E-state index contributed by atoms with van der Waals surface area (Å²) in [4.78, 5) is 26.7. The van der Waals surface area contributed by atoms with Crippen molar-refractivity contribution in [2.75, 3.05) is 18.6 Å². The third-order valence-electron chi connectivity index (χ3n) is 4.00. The van der Waals surface area contributed by atoms with Crippen LogP contribution in [0.4, 0.5) is 5.69 Å². The zero-order chi connectivity index (χ0) is 17.1. The molecule has 0 aromatic heterocycles. The van der Waals surface area contributed by atoms with Gasteiger partial charge in [0, 0.05) is 11.3 Å². The summed E-state index contributed by atoms with van der Waals surface area (Å²) >= 11 is 0. The number of hydrogen-bond donors (Lipinski definition) is 0. The Kier molecular flexibility index (Phi) is 4.62. The minimum Gasteiger partial charge on any atom is -0.497 e. The number of anilines is 1. The van der Waals surface area contributed by atoms with E-state index >= 15 is 0 Å². The van der Waals surface area contributed by atoms with Crippen LogP contribution in [0.15, 0.2) is 54.6 Å². The molecule has 5 nitrogen and oxygen atoms in total. The van der Waals surface area contributed by atoms with E-state index < -0.39 is 6.10 Å². The van der Waals surface area contributed by atoms with Crippen LogP contribution in [0.1, 0.15) is 17.3 Å². The zero-order valence-corrected chi connectivity index (χ0v) is 13.6. The normalized spacial score (nSPS) is 18.8. The van der Waals surface area contributed by atoms with Gasteiger partial charge in [0.25, 0.3) is 5.91 Å². The highest BCUT2D eigenvalue weighted by Crippen LogP contribution is 2.27. The van der Waals surface area contributed by atoms with E-state index in [2.05, 4.69) is 0 Å². The van der Waals surface area contributed by atoms with Crippen molar-refractivity contribution >= 4 is 17.4 Å². The maximum Gasteiger partial charge on any atom is 0.259 e. The predicted octanol–water partition coefficient (Wildman–Crippen LogP) is 2.70. The van der Waals surface area contributed by atoms with Gasteiger partial charge in [0.1, 0.15) is 5.75 Å². The van der Waals surface area contributed by atoms with Crippen molar-refractivity contribution in [3.05, 3.63) is 60.2 Å². The van der Waals surface area contributed by atoms with Crippen LogP contribution in [-0.4, -0.2) is 37.6 Å². The topological polar surface area (TPSA) is 59.1 Å². The Morgan fingerprint density at radius 2 is 1.71 bits per heavy atom. The lowest BCUT2D eigenvalue weighted by molar-refractivity contribution is -0.119. The van der Waals surface area contributed by atoms with Gasteiger partial charge in [-0.15, -0.1) is 0 Å². The molecular weight excluding hydrogens is 306 g/mol. The summed E-state index contributed by atoms with van der Waals surface area (Å²) in [6, 6.07) is 16.0. The van der Waals surface area contributed by atoms with E-state index in [1.54, 1.807) is 55.6 Å². The van der Waals surface area contributed by atoms with Crippen molar-refractivity contribution in [2.45, 2.75) is 19.1 Å². The third-order valence-corrected chi connectivity index (χ3v) is 4.00. The van der Waals surface area contributed by atoms with Crippen molar-refractivity contribution in [3.63, 3.8) is 0 Å². The number of benzene rings is 2. The number of rotatable bonds is 6. The van der Waals surface area contributed by atoms with Crippen molar-refractivity contribution in [1.29, 1.82) is 0 Å². The molecule has 1 saturated heterocycles. The second-order valence-corrected chi connectivity index (χ2v) is 5.67. The van der Waals surface area contributed by atoms with Crippen LogP contribution >= 0.6 is 0 Å². The minimum atomic E-state index is -0.476. The predicted molar refractivity (Wildman–Crippen MR) is 90.5 cm³/mol. The first-order valence-corrected chi connectivity index (χ1v) is 7.79. The second kappa shape index (κ2) is 6.84. The van der Waals surface area contributed by atoms with Crippen molar-refractivity contribution < 1.29 is 19.1 Å². The number of hydrogen-bond acceptors (Lipinski definition) is 4. The van der Waals surface area contributed by atoms with Gasteiger partial charge in [-0.2, -0.15) is 0 Å². The molecule has 0 radical (unpaired) electrons. The van der Waals surface area contributed by atoms with Crippen LogP contribution in [0.25, 0.3) is 0 Å². The SMILES string of the molecule is COc1ccc(N(CC(=O)c2ccccc2)C(=O)C2OC2C)cc1. The molecular formula is C19H19NO4. The summed E-state index contributed by atoms with van der Waals surface area (Å²) in [5.41, 5.74) is 1.22. The van der Waals surface area contributed by atoms with E-state index in [-0.39, 0.29) is 24.3 Å². The van der Waals surface area contributed by atoms with E-state index in [1.165, 1.54) is 4.90 Å². The Bertz CT molecular complexity index is 727.